The lowest BCUT2D eigenvalue weighted by atomic mass is 9.92. The minimum absolute atomic E-state index is 0.0996. The molecule has 0 aliphatic carbocycles. The quantitative estimate of drug-likeness (QED) is 0.921. The lowest BCUT2D eigenvalue weighted by molar-refractivity contribution is -0.138. The molecule has 1 atom stereocenters. The molecule has 0 saturated heterocycles. The van der Waals surface area contributed by atoms with Gasteiger partial charge in [0.25, 0.3) is 0 Å². The maximum atomic E-state index is 13.6. The Labute approximate surface area is 115 Å². The molecule has 0 fully saturated rings. The number of carbonyl (C=O) groups is 1. The number of rotatable bonds is 4. The van der Waals surface area contributed by atoms with E-state index in [1.54, 1.807) is 42.5 Å². The summed E-state index contributed by atoms with van der Waals surface area (Å²) >= 11 is 5.86. The van der Waals surface area contributed by atoms with Gasteiger partial charge in [-0.3, -0.25) is 4.79 Å². The van der Waals surface area contributed by atoms with E-state index in [2.05, 4.69) is 0 Å². The molecule has 0 aromatic heterocycles. The van der Waals surface area contributed by atoms with E-state index in [1.807, 2.05) is 0 Å². The fourth-order valence-corrected chi connectivity index (χ4v) is 2.15. The molecule has 1 unspecified atom stereocenters. The topological polar surface area (TPSA) is 37.3 Å². The fourth-order valence-electron chi connectivity index (χ4n) is 1.95. The number of benzene rings is 2. The van der Waals surface area contributed by atoms with Crippen LogP contribution in [0.5, 0.6) is 0 Å². The molecule has 2 rings (SSSR count). The smallest absolute Gasteiger partial charge is 0.311 e. The lowest BCUT2D eigenvalue weighted by Gasteiger charge is -2.13. The summed E-state index contributed by atoms with van der Waals surface area (Å²) in [7, 11) is 0. The zero-order chi connectivity index (χ0) is 13.8. The molecule has 1 N–H and O–H groups in total. The van der Waals surface area contributed by atoms with Gasteiger partial charge in [0, 0.05) is 5.02 Å². The minimum atomic E-state index is -0.995. The fraction of sp³-hybridized carbons (Fsp3) is 0.133. The van der Waals surface area contributed by atoms with Crippen molar-refractivity contribution < 1.29 is 14.3 Å². The molecule has 0 radical (unpaired) electrons. The second kappa shape index (κ2) is 5.85. The summed E-state index contributed by atoms with van der Waals surface area (Å²) in [5.74, 6) is -2.20. The van der Waals surface area contributed by atoms with E-state index in [4.69, 9.17) is 11.6 Å². The van der Waals surface area contributed by atoms with Gasteiger partial charge in [-0.2, -0.15) is 0 Å². The maximum Gasteiger partial charge on any atom is 0.311 e. The zero-order valence-electron chi connectivity index (χ0n) is 10.0. The lowest BCUT2D eigenvalue weighted by Crippen LogP contribution is -2.15. The number of hydrogen-bond acceptors (Lipinski definition) is 1. The standard InChI is InChI=1S/C15H12ClFO2/c16-12-6-3-5-10(8-12)13(15(18)19)9-11-4-1-2-7-14(11)17/h1-8,13H,9H2,(H,18,19). The Balaban J connectivity index is 2.32. The summed E-state index contributed by atoms with van der Waals surface area (Å²) < 4.78 is 13.6. The van der Waals surface area contributed by atoms with Crippen LogP contribution in [0.25, 0.3) is 0 Å². The Hall–Kier alpha value is -1.87. The van der Waals surface area contributed by atoms with E-state index in [0.29, 0.717) is 16.1 Å². The number of halogens is 2. The van der Waals surface area contributed by atoms with E-state index < -0.39 is 17.7 Å². The highest BCUT2D eigenvalue weighted by atomic mass is 35.5. The van der Waals surface area contributed by atoms with Crippen LogP contribution in [0.15, 0.2) is 48.5 Å². The predicted octanol–water partition coefficient (Wildman–Crippen LogP) is 3.89. The molecular formula is C15H12ClFO2. The maximum absolute atomic E-state index is 13.6. The number of hydrogen-bond donors (Lipinski definition) is 1. The molecule has 19 heavy (non-hydrogen) atoms. The summed E-state index contributed by atoms with van der Waals surface area (Å²) in [5, 5.41) is 9.77. The zero-order valence-corrected chi connectivity index (χ0v) is 10.8. The van der Waals surface area contributed by atoms with Crippen molar-refractivity contribution in [2.24, 2.45) is 0 Å². The first-order valence-electron chi connectivity index (χ1n) is 5.79. The van der Waals surface area contributed by atoms with Crippen LogP contribution in [0.2, 0.25) is 5.02 Å². The van der Waals surface area contributed by atoms with E-state index in [1.165, 1.54) is 6.07 Å². The van der Waals surface area contributed by atoms with E-state index >= 15 is 0 Å². The monoisotopic (exact) mass is 278 g/mol. The van der Waals surface area contributed by atoms with Crippen molar-refractivity contribution in [3.05, 3.63) is 70.5 Å². The number of aliphatic carboxylic acids is 1. The average Bonchev–Trinajstić information content (AvgIpc) is 2.37. The summed E-state index contributed by atoms with van der Waals surface area (Å²) in [6.45, 7) is 0. The average molecular weight is 279 g/mol. The largest absolute Gasteiger partial charge is 0.481 e. The van der Waals surface area contributed by atoms with Crippen molar-refractivity contribution in [3.63, 3.8) is 0 Å². The molecule has 4 heteroatoms. The molecule has 2 aromatic carbocycles. The van der Waals surface area contributed by atoms with Crippen LogP contribution in [-0.4, -0.2) is 11.1 Å². The summed E-state index contributed by atoms with van der Waals surface area (Å²) in [6, 6.07) is 12.8. The molecule has 0 amide bonds. The number of carboxylic acid groups (broad SMARTS) is 1. The van der Waals surface area contributed by atoms with Gasteiger partial charge < -0.3 is 5.11 Å². The molecule has 2 nitrogen and oxygen atoms in total. The molecule has 2 aromatic rings. The minimum Gasteiger partial charge on any atom is -0.481 e. The van der Waals surface area contributed by atoms with Gasteiger partial charge >= 0.3 is 5.97 Å². The summed E-state index contributed by atoms with van der Waals surface area (Å²) in [4.78, 5) is 11.4. The molecule has 0 spiro atoms. The van der Waals surface area contributed by atoms with Crippen molar-refractivity contribution in [1.82, 2.24) is 0 Å². The third-order valence-electron chi connectivity index (χ3n) is 2.93. The molecule has 98 valence electrons. The van der Waals surface area contributed by atoms with Gasteiger partial charge in [-0.05, 0) is 35.7 Å². The second-order valence-corrected chi connectivity index (χ2v) is 4.68. The van der Waals surface area contributed by atoms with E-state index in [0.717, 1.165) is 0 Å². The van der Waals surface area contributed by atoms with Crippen LogP contribution in [0, 0.1) is 5.82 Å². The SMILES string of the molecule is O=C(O)C(Cc1ccccc1F)c1cccc(Cl)c1. The van der Waals surface area contributed by atoms with Crippen LogP contribution < -0.4 is 0 Å². The Morgan fingerprint density at radius 1 is 1.21 bits per heavy atom. The highest BCUT2D eigenvalue weighted by molar-refractivity contribution is 6.30. The van der Waals surface area contributed by atoms with E-state index in [9.17, 15) is 14.3 Å². The second-order valence-electron chi connectivity index (χ2n) is 4.24. The van der Waals surface area contributed by atoms with Gasteiger partial charge in [0.1, 0.15) is 5.82 Å². The third kappa shape index (κ3) is 3.32. The van der Waals surface area contributed by atoms with Crippen LogP contribution in [0.1, 0.15) is 17.0 Å². The van der Waals surface area contributed by atoms with E-state index in [-0.39, 0.29) is 6.42 Å². The van der Waals surface area contributed by atoms with Gasteiger partial charge in [-0.25, -0.2) is 4.39 Å². The first-order chi connectivity index (χ1) is 9.08. The molecule has 0 bridgehead atoms. The molecule has 0 saturated carbocycles. The molecular weight excluding hydrogens is 267 g/mol. The normalized spacial score (nSPS) is 12.1. The third-order valence-corrected chi connectivity index (χ3v) is 3.17. The van der Waals surface area contributed by atoms with Gasteiger partial charge in [0.05, 0.1) is 5.92 Å². The highest BCUT2D eigenvalue weighted by Gasteiger charge is 2.21. The van der Waals surface area contributed by atoms with Crippen molar-refractivity contribution in [2.45, 2.75) is 12.3 Å². The Bertz CT molecular complexity index is 598. The van der Waals surface area contributed by atoms with Gasteiger partial charge in [-0.15, -0.1) is 0 Å². The molecule has 0 heterocycles. The van der Waals surface area contributed by atoms with Crippen LogP contribution in [-0.2, 0) is 11.2 Å². The summed E-state index contributed by atoms with van der Waals surface area (Å²) in [6.07, 6.45) is 0.0996. The van der Waals surface area contributed by atoms with Gasteiger partial charge in [0.15, 0.2) is 0 Å². The molecule has 0 aliphatic rings. The van der Waals surface area contributed by atoms with Crippen molar-refractivity contribution in [1.29, 1.82) is 0 Å². The van der Waals surface area contributed by atoms with Gasteiger partial charge in [-0.1, -0.05) is 41.9 Å². The van der Waals surface area contributed by atoms with Crippen LogP contribution >= 0.6 is 11.6 Å². The Morgan fingerprint density at radius 3 is 2.58 bits per heavy atom. The first-order valence-corrected chi connectivity index (χ1v) is 6.17. The van der Waals surface area contributed by atoms with Crippen molar-refractivity contribution in [2.75, 3.05) is 0 Å². The van der Waals surface area contributed by atoms with Crippen molar-refractivity contribution >= 4 is 17.6 Å². The molecule has 0 aliphatic heterocycles. The summed E-state index contributed by atoms with van der Waals surface area (Å²) in [5.41, 5.74) is 0.957. The Morgan fingerprint density at radius 2 is 1.95 bits per heavy atom. The van der Waals surface area contributed by atoms with Crippen LogP contribution in [0.3, 0.4) is 0 Å². The first kappa shape index (κ1) is 13.6. The predicted molar refractivity (Wildman–Crippen MR) is 71.9 cm³/mol. The van der Waals surface area contributed by atoms with Gasteiger partial charge in [0.2, 0.25) is 0 Å². The Kier molecular flexibility index (Phi) is 4.17. The number of carboxylic acids is 1. The highest BCUT2D eigenvalue weighted by Crippen LogP contribution is 2.25. The van der Waals surface area contributed by atoms with Crippen LogP contribution in [0.4, 0.5) is 4.39 Å². The van der Waals surface area contributed by atoms with Crippen molar-refractivity contribution in [3.8, 4) is 0 Å².